The Bertz CT molecular complexity index is 1020. The third-order valence-corrected chi connectivity index (χ3v) is 4.10. The summed E-state index contributed by atoms with van der Waals surface area (Å²) >= 11 is 0. The predicted molar refractivity (Wildman–Crippen MR) is 103 cm³/mol. The monoisotopic (exact) mass is 342 g/mol. The molecule has 5 nitrogen and oxygen atoms in total. The summed E-state index contributed by atoms with van der Waals surface area (Å²) in [7, 11) is 0. The van der Waals surface area contributed by atoms with Gasteiger partial charge in [-0.05, 0) is 36.2 Å². The van der Waals surface area contributed by atoms with E-state index in [9.17, 15) is 10.1 Å². The second-order valence-corrected chi connectivity index (χ2v) is 6.00. The SMILES string of the molecule is CC(=O)Nc1ccc(-c2cc(-c3ccccc3C)nc(N)c2C#N)cc1. The van der Waals surface area contributed by atoms with Crippen LogP contribution in [0.1, 0.15) is 18.1 Å². The number of pyridine rings is 1. The number of nitrogen functional groups attached to an aromatic ring is 1. The molecule has 2 aromatic carbocycles. The fourth-order valence-electron chi connectivity index (χ4n) is 2.84. The van der Waals surface area contributed by atoms with Gasteiger partial charge in [0.05, 0.1) is 5.69 Å². The van der Waals surface area contributed by atoms with Crippen molar-refractivity contribution in [3.63, 3.8) is 0 Å². The molecule has 26 heavy (non-hydrogen) atoms. The average Bonchev–Trinajstić information content (AvgIpc) is 2.61. The lowest BCUT2D eigenvalue weighted by atomic mass is 9.97. The minimum Gasteiger partial charge on any atom is -0.383 e. The van der Waals surface area contributed by atoms with E-state index in [0.29, 0.717) is 16.8 Å². The van der Waals surface area contributed by atoms with E-state index in [1.54, 1.807) is 12.1 Å². The Morgan fingerprint density at radius 1 is 1.12 bits per heavy atom. The van der Waals surface area contributed by atoms with Crippen LogP contribution in [0.3, 0.4) is 0 Å². The fraction of sp³-hybridized carbons (Fsp3) is 0.0952. The van der Waals surface area contributed by atoms with Crippen molar-refractivity contribution < 1.29 is 4.79 Å². The highest BCUT2D eigenvalue weighted by Crippen LogP contribution is 2.32. The topological polar surface area (TPSA) is 91.8 Å². The van der Waals surface area contributed by atoms with Gasteiger partial charge >= 0.3 is 0 Å². The number of aromatic nitrogens is 1. The zero-order valence-electron chi connectivity index (χ0n) is 14.6. The van der Waals surface area contributed by atoms with Crippen molar-refractivity contribution in [2.75, 3.05) is 11.1 Å². The van der Waals surface area contributed by atoms with Crippen molar-refractivity contribution in [2.45, 2.75) is 13.8 Å². The number of hydrogen-bond acceptors (Lipinski definition) is 4. The smallest absolute Gasteiger partial charge is 0.221 e. The van der Waals surface area contributed by atoms with E-state index in [-0.39, 0.29) is 11.7 Å². The third-order valence-electron chi connectivity index (χ3n) is 4.10. The van der Waals surface area contributed by atoms with Gasteiger partial charge in [-0.25, -0.2) is 4.98 Å². The Kier molecular flexibility index (Phi) is 4.68. The molecule has 0 aliphatic carbocycles. The predicted octanol–water partition coefficient (Wildman–Crippen LogP) is 4.14. The summed E-state index contributed by atoms with van der Waals surface area (Å²) < 4.78 is 0. The molecule has 0 atom stereocenters. The number of nitriles is 1. The first-order valence-corrected chi connectivity index (χ1v) is 8.14. The average molecular weight is 342 g/mol. The van der Waals surface area contributed by atoms with Gasteiger partial charge in [0.25, 0.3) is 0 Å². The molecule has 1 aromatic heterocycles. The fourth-order valence-corrected chi connectivity index (χ4v) is 2.84. The van der Waals surface area contributed by atoms with Crippen LogP contribution in [0.4, 0.5) is 11.5 Å². The molecular weight excluding hydrogens is 324 g/mol. The van der Waals surface area contributed by atoms with Crippen molar-refractivity contribution in [3.8, 4) is 28.5 Å². The number of amides is 1. The van der Waals surface area contributed by atoms with Gasteiger partial charge in [0.2, 0.25) is 5.91 Å². The highest BCUT2D eigenvalue weighted by atomic mass is 16.1. The van der Waals surface area contributed by atoms with Crippen molar-refractivity contribution >= 4 is 17.4 Å². The Balaban J connectivity index is 2.13. The van der Waals surface area contributed by atoms with Crippen LogP contribution in [0.25, 0.3) is 22.4 Å². The summed E-state index contributed by atoms with van der Waals surface area (Å²) in [6, 6.07) is 19.2. The van der Waals surface area contributed by atoms with Crippen molar-refractivity contribution in [1.82, 2.24) is 4.98 Å². The molecule has 3 N–H and O–H groups in total. The Morgan fingerprint density at radius 2 is 1.81 bits per heavy atom. The first-order valence-electron chi connectivity index (χ1n) is 8.14. The van der Waals surface area contributed by atoms with E-state index in [1.165, 1.54) is 6.92 Å². The molecule has 1 heterocycles. The number of carbonyl (C=O) groups excluding carboxylic acids is 1. The van der Waals surface area contributed by atoms with Crippen LogP contribution in [-0.2, 0) is 4.79 Å². The minimum absolute atomic E-state index is 0.134. The van der Waals surface area contributed by atoms with Gasteiger partial charge in [-0.15, -0.1) is 0 Å². The Morgan fingerprint density at radius 3 is 2.42 bits per heavy atom. The second kappa shape index (κ2) is 7.08. The number of benzene rings is 2. The van der Waals surface area contributed by atoms with Gasteiger partial charge in [0.15, 0.2) is 0 Å². The summed E-state index contributed by atoms with van der Waals surface area (Å²) in [6.07, 6.45) is 0. The molecule has 128 valence electrons. The molecule has 0 saturated heterocycles. The number of rotatable bonds is 3. The van der Waals surface area contributed by atoms with Crippen molar-refractivity contribution in [1.29, 1.82) is 5.26 Å². The molecule has 0 unspecified atom stereocenters. The molecule has 5 heteroatoms. The molecule has 1 amide bonds. The van der Waals surface area contributed by atoms with Crippen LogP contribution < -0.4 is 11.1 Å². The zero-order chi connectivity index (χ0) is 18.7. The molecule has 0 spiro atoms. The number of nitrogens with two attached hydrogens (primary N) is 1. The van der Waals surface area contributed by atoms with Gasteiger partial charge in [-0.2, -0.15) is 5.26 Å². The number of nitrogens with one attached hydrogen (secondary N) is 1. The normalized spacial score (nSPS) is 10.2. The lowest BCUT2D eigenvalue weighted by molar-refractivity contribution is -0.114. The van der Waals surface area contributed by atoms with Gasteiger partial charge in [0, 0.05) is 23.7 Å². The third kappa shape index (κ3) is 3.40. The van der Waals surface area contributed by atoms with Crippen LogP contribution in [0.15, 0.2) is 54.6 Å². The maximum Gasteiger partial charge on any atom is 0.221 e. The van der Waals surface area contributed by atoms with Gasteiger partial charge < -0.3 is 11.1 Å². The summed E-state index contributed by atoms with van der Waals surface area (Å²) in [6.45, 7) is 3.47. The van der Waals surface area contributed by atoms with Gasteiger partial charge in [-0.1, -0.05) is 36.4 Å². The minimum atomic E-state index is -0.134. The van der Waals surface area contributed by atoms with Crippen molar-refractivity contribution in [2.24, 2.45) is 0 Å². The summed E-state index contributed by atoms with van der Waals surface area (Å²) in [5.41, 5.74) is 11.4. The molecule has 0 aliphatic rings. The summed E-state index contributed by atoms with van der Waals surface area (Å²) in [5, 5.41) is 12.3. The second-order valence-electron chi connectivity index (χ2n) is 6.00. The number of aryl methyl sites for hydroxylation is 1. The maximum absolute atomic E-state index is 11.2. The van der Waals surface area contributed by atoms with E-state index < -0.39 is 0 Å². The summed E-state index contributed by atoms with van der Waals surface area (Å²) in [4.78, 5) is 15.6. The van der Waals surface area contributed by atoms with Crippen LogP contribution in [0, 0.1) is 18.3 Å². The molecule has 0 radical (unpaired) electrons. The number of hydrogen-bond donors (Lipinski definition) is 2. The molecule has 3 aromatic rings. The van der Waals surface area contributed by atoms with Crippen LogP contribution >= 0.6 is 0 Å². The van der Waals surface area contributed by atoms with Crippen LogP contribution in [0.2, 0.25) is 0 Å². The van der Waals surface area contributed by atoms with Crippen LogP contribution in [-0.4, -0.2) is 10.9 Å². The maximum atomic E-state index is 11.2. The highest BCUT2D eigenvalue weighted by molar-refractivity contribution is 5.89. The number of carbonyl (C=O) groups is 1. The van der Waals surface area contributed by atoms with E-state index in [2.05, 4.69) is 16.4 Å². The first kappa shape index (κ1) is 17.2. The largest absolute Gasteiger partial charge is 0.383 e. The Labute approximate surface area is 152 Å². The molecule has 0 saturated carbocycles. The molecule has 0 bridgehead atoms. The van der Waals surface area contributed by atoms with Crippen LogP contribution in [0.5, 0.6) is 0 Å². The van der Waals surface area contributed by atoms with Gasteiger partial charge in [0.1, 0.15) is 17.5 Å². The van der Waals surface area contributed by atoms with E-state index in [0.717, 1.165) is 22.4 Å². The van der Waals surface area contributed by atoms with E-state index >= 15 is 0 Å². The molecular formula is C21H18N4O. The van der Waals surface area contributed by atoms with E-state index in [1.807, 2.05) is 49.4 Å². The molecule has 3 rings (SSSR count). The Hall–Kier alpha value is -3.65. The summed E-state index contributed by atoms with van der Waals surface area (Å²) in [5.74, 6) is 0.0691. The number of nitrogens with zero attached hydrogens (tertiary/aromatic N) is 2. The van der Waals surface area contributed by atoms with Gasteiger partial charge in [-0.3, -0.25) is 4.79 Å². The lowest BCUT2D eigenvalue weighted by Crippen LogP contribution is -2.05. The van der Waals surface area contributed by atoms with E-state index in [4.69, 9.17) is 5.73 Å². The molecule has 0 aliphatic heterocycles. The first-order chi connectivity index (χ1) is 12.5. The number of anilines is 2. The zero-order valence-corrected chi connectivity index (χ0v) is 14.6. The highest BCUT2D eigenvalue weighted by Gasteiger charge is 2.14. The van der Waals surface area contributed by atoms with Crippen molar-refractivity contribution in [3.05, 3.63) is 65.7 Å². The quantitative estimate of drug-likeness (QED) is 0.748. The lowest BCUT2D eigenvalue weighted by Gasteiger charge is -2.12. The molecule has 0 fully saturated rings. The standard InChI is InChI=1S/C21H18N4O/c1-13-5-3-4-6-17(13)20-11-18(19(12-22)21(23)25-20)15-7-9-16(10-8-15)24-14(2)26/h3-11H,1-2H3,(H2,23,25)(H,24,26).